The zero-order valence-electron chi connectivity index (χ0n) is 6.92. The maximum Gasteiger partial charge on any atom is 0.106 e. The van der Waals surface area contributed by atoms with Gasteiger partial charge in [0, 0.05) is 0 Å². The molecule has 1 aliphatic rings. The smallest absolute Gasteiger partial charge is 0.106 e. The maximum absolute atomic E-state index is 5.26. The third-order valence-corrected chi connectivity index (χ3v) is 2.20. The molecule has 11 heavy (non-hydrogen) atoms. The average molecular weight is 148 g/mol. The molecule has 1 heterocycles. The van der Waals surface area contributed by atoms with Crippen molar-refractivity contribution < 1.29 is 4.74 Å². The lowest BCUT2D eigenvalue weighted by molar-refractivity contribution is 0.414. The number of hydrogen-bond acceptors (Lipinski definition) is 1. The number of rotatable bonds is 1. The maximum atomic E-state index is 5.26. The second kappa shape index (κ2) is 2.35. The molecular weight excluding hydrogens is 136 g/mol. The van der Waals surface area contributed by atoms with Crippen LogP contribution in [0, 0.1) is 13.8 Å². The van der Waals surface area contributed by atoms with Gasteiger partial charge < -0.3 is 4.74 Å². The lowest BCUT2D eigenvalue weighted by atomic mass is 10.0. The third kappa shape index (κ3) is 1.16. The predicted octanol–water partition coefficient (Wildman–Crippen LogP) is 2.37. The summed E-state index contributed by atoms with van der Waals surface area (Å²) in [5.41, 5.74) is 4.10. The summed E-state index contributed by atoms with van der Waals surface area (Å²) in [6.45, 7) is 5.19. The van der Waals surface area contributed by atoms with Gasteiger partial charge in [-0.3, -0.25) is 0 Å². The molecule has 0 aromatic heterocycles. The van der Waals surface area contributed by atoms with E-state index in [1.54, 1.807) is 0 Å². The summed E-state index contributed by atoms with van der Waals surface area (Å²) in [4.78, 5) is 0. The lowest BCUT2D eigenvalue weighted by Crippen LogP contribution is -1.90. The van der Waals surface area contributed by atoms with E-state index in [4.69, 9.17) is 4.74 Å². The predicted molar refractivity (Wildman–Crippen MR) is 44.6 cm³/mol. The van der Waals surface area contributed by atoms with Crippen molar-refractivity contribution in [2.45, 2.75) is 20.0 Å². The summed E-state index contributed by atoms with van der Waals surface area (Å²) >= 11 is 0. The Kier molecular flexibility index (Phi) is 1.46. The molecule has 0 N–H and O–H groups in total. The second-order valence-electron chi connectivity index (χ2n) is 3.13. The van der Waals surface area contributed by atoms with Gasteiger partial charge in [0.25, 0.3) is 0 Å². The van der Waals surface area contributed by atoms with E-state index in [2.05, 4.69) is 32.0 Å². The van der Waals surface area contributed by atoms with Crippen LogP contribution in [-0.4, -0.2) is 6.61 Å². The summed E-state index contributed by atoms with van der Waals surface area (Å²) < 4.78 is 5.26. The van der Waals surface area contributed by atoms with Gasteiger partial charge in [0.1, 0.15) is 6.10 Å². The molecule has 1 aromatic rings. The van der Waals surface area contributed by atoms with Gasteiger partial charge in [0.05, 0.1) is 6.61 Å². The Morgan fingerprint density at radius 1 is 1.27 bits per heavy atom. The Hall–Kier alpha value is -0.820. The van der Waals surface area contributed by atoms with E-state index in [1.807, 2.05) is 0 Å². The minimum atomic E-state index is 0.399. The molecule has 0 saturated carbocycles. The Morgan fingerprint density at radius 3 is 2.27 bits per heavy atom. The van der Waals surface area contributed by atoms with Crippen LogP contribution in [0.2, 0.25) is 0 Å². The van der Waals surface area contributed by atoms with E-state index in [9.17, 15) is 0 Å². The van der Waals surface area contributed by atoms with Gasteiger partial charge in [-0.2, -0.15) is 0 Å². The number of epoxide rings is 1. The van der Waals surface area contributed by atoms with Gasteiger partial charge in [-0.25, -0.2) is 0 Å². The quantitative estimate of drug-likeness (QED) is 0.557. The molecule has 1 aromatic carbocycles. The summed E-state index contributed by atoms with van der Waals surface area (Å²) in [6.07, 6.45) is 0.399. The van der Waals surface area contributed by atoms with Gasteiger partial charge in [0.2, 0.25) is 0 Å². The molecule has 0 radical (unpaired) electrons. The Balaban J connectivity index is 2.48. The highest BCUT2D eigenvalue weighted by Gasteiger charge is 2.27. The molecule has 0 aliphatic carbocycles. The van der Waals surface area contributed by atoms with Crippen molar-refractivity contribution in [2.24, 2.45) is 0 Å². The van der Waals surface area contributed by atoms with Gasteiger partial charge in [0.15, 0.2) is 0 Å². The molecule has 0 spiro atoms. The fraction of sp³-hybridized carbons (Fsp3) is 0.400. The number of hydrogen-bond donors (Lipinski definition) is 0. The van der Waals surface area contributed by atoms with Gasteiger partial charge >= 0.3 is 0 Å². The van der Waals surface area contributed by atoms with Crippen molar-refractivity contribution in [1.29, 1.82) is 0 Å². The molecular formula is C10H12O. The zero-order valence-corrected chi connectivity index (χ0v) is 6.92. The first-order valence-corrected chi connectivity index (χ1v) is 3.97. The van der Waals surface area contributed by atoms with E-state index in [-0.39, 0.29) is 0 Å². The Labute approximate surface area is 67.0 Å². The van der Waals surface area contributed by atoms with Crippen molar-refractivity contribution in [1.82, 2.24) is 0 Å². The monoisotopic (exact) mass is 148 g/mol. The highest BCUT2D eigenvalue weighted by molar-refractivity contribution is 5.36. The topological polar surface area (TPSA) is 12.5 Å². The van der Waals surface area contributed by atoms with Crippen LogP contribution in [0.15, 0.2) is 18.2 Å². The summed E-state index contributed by atoms with van der Waals surface area (Å²) in [7, 11) is 0. The Bertz CT molecular complexity index is 254. The standard InChI is InChI=1S/C10H12O/c1-7-4-3-5-8(2)10(7)9-6-11-9/h3-5,9H,6H2,1-2H3. The SMILES string of the molecule is Cc1cccc(C)c1C1CO1. The van der Waals surface area contributed by atoms with Gasteiger partial charge in [-0.1, -0.05) is 18.2 Å². The van der Waals surface area contributed by atoms with E-state index in [0.717, 1.165) is 6.61 Å². The van der Waals surface area contributed by atoms with Crippen LogP contribution >= 0.6 is 0 Å². The molecule has 1 aliphatic heterocycles. The first kappa shape index (κ1) is 6.86. The van der Waals surface area contributed by atoms with Crippen LogP contribution < -0.4 is 0 Å². The fourth-order valence-corrected chi connectivity index (χ4v) is 1.55. The number of benzene rings is 1. The lowest BCUT2D eigenvalue weighted by Gasteiger charge is -2.04. The van der Waals surface area contributed by atoms with Crippen LogP contribution in [0.1, 0.15) is 22.8 Å². The highest BCUT2D eigenvalue weighted by atomic mass is 16.6. The number of aryl methyl sites for hydroxylation is 2. The van der Waals surface area contributed by atoms with E-state index < -0.39 is 0 Å². The van der Waals surface area contributed by atoms with E-state index in [1.165, 1.54) is 16.7 Å². The molecule has 1 saturated heterocycles. The van der Waals surface area contributed by atoms with Gasteiger partial charge in [-0.15, -0.1) is 0 Å². The van der Waals surface area contributed by atoms with E-state index >= 15 is 0 Å². The van der Waals surface area contributed by atoms with Crippen molar-refractivity contribution >= 4 is 0 Å². The zero-order chi connectivity index (χ0) is 7.84. The number of ether oxygens (including phenoxy) is 1. The molecule has 0 amide bonds. The molecule has 1 heteroatoms. The summed E-state index contributed by atoms with van der Waals surface area (Å²) in [5.74, 6) is 0. The molecule has 1 atom stereocenters. The molecule has 1 fully saturated rings. The third-order valence-electron chi connectivity index (χ3n) is 2.20. The molecule has 0 bridgehead atoms. The average Bonchev–Trinajstić information content (AvgIpc) is 2.70. The molecule has 1 unspecified atom stereocenters. The highest BCUT2D eigenvalue weighted by Crippen LogP contribution is 2.33. The van der Waals surface area contributed by atoms with Crippen LogP contribution in [0.25, 0.3) is 0 Å². The van der Waals surface area contributed by atoms with Crippen molar-refractivity contribution in [3.8, 4) is 0 Å². The summed E-state index contributed by atoms with van der Waals surface area (Å²) in [6, 6.07) is 6.38. The first-order chi connectivity index (χ1) is 5.29. The van der Waals surface area contributed by atoms with Crippen LogP contribution in [-0.2, 0) is 4.74 Å². The molecule has 58 valence electrons. The minimum absolute atomic E-state index is 0.399. The Morgan fingerprint density at radius 2 is 1.82 bits per heavy atom. The normalized spacial score (nSPS) is 21.8. The summed E-state index contributed by atoms with van der Waals surface area (Å²) in [5, 5.41) is 0. The fourth-order valence-electron chi connectivity index (χ4n) is 1.55. The van der Waals surface area contributed by atoms with Crippen molar-refractivity contribution in [3.05, 3.63) is 34.9 Å². The van der Waals surface area contributed by atoms with Crippen molar-refractivity contribution in [3.63, 3.8) is 0 Å². The first-order valence-electron chi connectivity index (χ1n) is 3.97. The molecule has 1 nitrogen and oxygen atoms in total. The van der Waals surface area contributed by atoms with Crippen LogP contribution in [0.4, 0.5) is 0 Å². The van der Waals surface area contributed by atoms with Crippen LogP contribution in [0.5, 0.6) is 0 Å². The van der Waals surface area contributed by atoms with Crippen LogP contribution in [0.3, 0.4) is 0 Å². The largest absolute Gasteiger partial charge is 0.368 e. The molecule has 2 rings (SSSR count). The van der Waals surface area contributed by atoms with Crippen molar-refractivity contribution in [2.75, 3.05) is 6.61 Å². The second-order valence-corrected chi connectivity index (χ2v) is 3.13. The minimum Gasteiger partial charge on any atom is -0.368 e. The van der Waals surface area contributed by atoms with E-state index in [0.29, 0.717) is 6.10 Å². The van der Waals surface area contributed by atoms with Gasteiger partial charge in [-0.05, 0) is 30.5 Å².